The number of nitrogens with zero attached hydrogens (tertiary/aromatic N) is 2. The Morgan fingerprint density at radius 3 is 2.32 bits per heavy atom. The van der Waals surface area contributed by atoms with Gasteiger partial charge in [-0.15, -0.1) is 0 Å². The number of ether oxygens (including phenoxy) is 2. The largest absolute Gasteiger partial charge is 0.511 e. The number of rotatable bonds is 6. The monoisotopic (exact) mass is 522 g/mol. The highest BCUT2D eigenvalue weighted by Crippen LogP contribution is 2.43. The van der Waals surface area contributed by atoms with Gasteiger partial charge in [0.05, 0.1) is 17.9 Å². The first-order valence-corrected chi connectivity index (χ1v) is 11.6. The van der Waals surface area contributed by atoms with Gasteiger partial charge >= 0.3 is 27.7 Å². The summed E-state index contributed by atoms with van der Waals surface area (Å²) < 4.78 is 105. The van der Waals surface area contributed by atoms with Gasteiger partial charge in [-0.1, -0.05) is 6.07 Å². The highest BCUT2D eigenvalue weighted by molar-refractivity contribution is 7.90. The summed E-state index contributed by atoms with van der Waals surface area (Å²) in [6, 6.07) is 5.58. The number of halogens is 6. The SMILES string of the molecule is O=C(O)C(F)(F)F.O=S(=O)(N1CCC2(CC1)OCCC2CCOCc1ccccn1)C(F)(F)F. The first kappa shape index (κ1) is 28.3. The second-order valence-electron chi connectivity index (χ2n) is 7.71. The summed E-state index contributed by atoms with van der Waals surface area (Å²) in [5, 5.41) is 7.12. The Kier molecular flexibility index (Phi) is 9.30. The molecule has 34 heavy (non-hydrogen) atoms. The van der Waals surface area contributed by atoms with Crippen molar-refractivity contribution < 1.29 is 54.1 Å². The molecule has 1 aromatic heterocycles. The van der Waals surface area contributed by atoms with Gasteiger partial charge in [-0.05, 0) is 43.7 Å². The Hall–Kier alpha value is -1.97. The molecule has 0 aromatic carbocycles. The molecule has 2 aliphatic rings. The molecule has 2 aliphatic heterocycles. The zero-order valence-corrected chi connectivity index (χ0v) is 18.6. The van der Waals surface area contributed by atoms with Crippen molar-refractivity contribution in [2.24, 2.45) is 5.92 Å². The van der Waals surface area contributed by atoms with Gasteiger partial charge in [0.25, 0.3) is 0 Å². The molecule has 1 unspecified atom stereocenters. The average molecular weight is 522 g/mol. The van der Waals surface area contributed by atoms with Gasteiger partial charge in [0.15, 0.2) is 0 Å². The quantitative estimate of drug-likeness (QED) is 0.451. The highest BCUT2D eigenvalue weighted by Gasteiger charge is 2.54. The maximum atomic E-state index is 12.7. The summed E-state index contributed by atoms with van der Waals surface area (Å²) in [4.78, 5) is 13.1. The maximum absolute atomic E-state index is 12.7. The van der Waals surface area contributed by atoms with E-state index in [0.29, 0.717) is 24.1 Å². The fraction of sp³-hybridized carbons (Fsp3) is 0.684. The molecule has 0 saturated carbocycles. The van der Waals surface area contributed by atoms with E-state index in [1.807, 2.05) is 18.2 Å². The van der Waals surface area contributed by atoms with E-state index in [9.17, 15) is 34.8 Å². The number of pyridine rings is 1. The number of aromatic nitrogens is 1. The molecule has 1 aromatic rings. The second kappa shape index (κ2) is 11.2. The molecule has 3 heterocycles. The number of sulfonamides is 1. The molecule has 1 N–H and O–H groups in total. The van der Waals surface area contributed by atoms with E-state index in [1.165, 1.54) is 0 Å². The third kappa shape index (κ3) is 7.26. The van der Waals surface area contributed by atoms with Crippen molar-refractivity contribution in [2.45, 2.75) is 49.6 Å². The molecule has 15 heteroatoms. The van der Waals surface area contributed by atoms with Crippen LogP contribution >= 0.6 is 0 Å². The lowest BCUT2D eigenvalue weighted by Gasteiger charge is -2.41. The zero-order valence-electron chi connectivity index (χ0n) is 17.8. The number of alkyl halides is 6. The number of hydrogen-bond acceptors (Lipinski definition) is 6. The van der Waals surface area contributed by atoms with Crippen LogP contribution in [0.2, 0.25) is 0 Å². The minimum atomic E-state index is -5.27. The summed E-state index contributed by atoms with van der Waals surface area (Å²) in [6.07, 6.45) is -1.32. The Bertz CT molecular complexity index is 902. The van der Waals surface area contributed by atoms with Crippen LogP contribution < -0.4 is 0 Å². The van der Waals surface area contributed by atoms with Gasteiger partial charge in [-0.3, -0.25) is 4.98 Å². The van der Waals surface area contributed by atoms with E-state index in [1.54, 1.807) is 6.20 Å². The lowest BCUT2D eigenvalue weighted by atomic mass is 9.78. The molecule has 0 bridgehead atoms. The number of hydrogen-bond donors (Lipinski definition) is 1. The Balaban J connectivity index is 0.000000509. The third-order valence-electron chi connectivity index (χ3n) is 5.63. The van der Waals surface area contributed by atoms with Gasteiger partial charge in [0.1, 0.15) is 0 Å². The molecule has 194 valence electrons. The fourth-order valence-corrected chi connectivity index (χ4v) is 4.84. The minimum absolute atomic E-state index is 0.150. The van der Waals surface area contributed by atoms with E-state index in [-0.39, 0.29) is 31.8 Å². The summed E-state index contributed by atoms with van der Waals surface area (Å²) in [6.45, 7) is 1.09. The van der Waals surface area contributed by atoms with Crippen LogP contribution in [0.5, 0.6) is 0 Å². The number of carbonyl (C=O) groups is 1. The molecule has 0 amide bonds. The van der Waals surface area contributed by atoms with Crippen LogP contribution in [0.25, 0.3) is 0 Å². The summed E-state index contributed by atoms with van der Waals surface area (Å²) in [7, 11) is -5.27. The fourth-order valence-electron chi connectivity index (χ4n) is 3.88. The Labute approximate surface area is 191 Å². The molecule has 2 saturated heterocycles. The molecule has 8 nitrogen and oxygen atoms in total. The summed E-state index contributed by atoms with van der Waals surface area (Å²) >= 11 is 0. The molecule has 0 radical (unpaired) electrons. The van der Waals surface area contributed by atoms with Crippen LogP contribution in [0.3, 0.4) is 0 Å². The number of piperidine rings is 1. The topological polar surface area (TPSA) is 106 Å². The first-order valence-electron chi connectivity index (χ1n) is 10.2. The van der Waals surface area contributed by atoms with Crippen molar-refractivity contribution in [3.63, 3.8) is 0 Å². The Morgan fingerprint density at radius 2 is 1.82 bits per heavy atom. The third-order valence-corrected chi connectivity index (χ3v) is 7.26. The zero-order chi connectivity index (χ0) is 25.6. The summed E-state index contributed by atoms with van der Waals surface area (Å²) in [5.74, 6) is -2.61. The van der Waals surface area contributed by atoms with Crippen molar-refractivity contribution in [3.8, 4) is 0 Å². The molecule has 0 aliphatic carbocycles. The van der Waals surface area contributed by atoms with Crippen molar-refractivity contribution in [2.75, 3.05) is 26.3 Å². The minimum Gasteiger partial charge on any atom is -0.475 e. The number of aliphatic carboxylic acids is 1. The van der Waals surface area contributed by atoms with Gasteiger partial charge in [-0.25, -0.2) is 13.2 Å². The number of carboxylic acid groups (broad SMARTS) is 1. The average Bonchev–Trinajstić information content (AvgIpc) is 3.13. The highest BCUT2D eigenvalue weighted by atomic mass is 32.2. The molecular formula is C19H24F6N2O6S. The smallest absolute Gasteiger partial charge is 0.475 e. The molecular weight excluding hydrogens is 498 g/mol. The molecule has 1 atom stereocenters. The Morgan fingerprint density at radius 1 is 1.21 bits per heavy atom. The predicted molar refractivity (Wildman–Crippen MR) is 105 cm³/mol. The van der Waals surface area contributed by atoms with Crippen LogP contribution in [0.1, 0.15) is 31.4 Å². The van der Waals surface area contributed by atoms with Crippen molar-refractivity contribution >= 4 is 16.0 Å². The normalized spacial score (nSPS) is 21.2. The molecule has 1 spiro atoms. The van der Waals surface area contributed by atoms with Crippen LogP contribution in [0.15, 0.2) is 24.4 Å². The predicted octanol–water partition coefficient (Wildman–Crippen LogP) is 3.34. The standard InChI is InChI=1S/C17H23F3N2O4S.C2HF3O2/c18-17(19,20)27(23,24)22-9-6-16(7-10-22)14(5-12-26-16)4-11-25-13-15-3-1-2-8-21-15;3-2(4,5)1(6)7/h1-3,8,14H,4-7,9-13H2;(H,6,7). The van der Waals surface area contributed by atoms with Crippen molar-refractivity contribution in [1.82, 2.24) is 9.29 Å². The van der Waals surface area contributed by atoms with Crippen LogP contribution in [0, 0.1) is 5.92 Å². The van der Waals surface area contributed by atoms with Crippen LogP contribution in [-0.2, 0) is 30.9 Å². The van der Waals surface area contributed by atoms with Gasteiger partial charge in [-0.2, -0.15) is 30.6 Å². The van der Waals surface area contributed by atoms with Gasteiger partial charge < -0.3 is 14.6 Å². The van der Waals surface area contributed by atoms with E-state index in [0.717, 1.165) is 18.5 Å². The second-order valence-corrected chi connectivity index (χ2v) is 9.64. The number of carboxylic acids is 1. The van der Waals surface area contributed by atoms with Crippen molar-refractivity contribution in [1.29, 1.82) is 0 Å². The van der Waals surface area contributed by atoms with Gasteiger partial charge in [0.2, 0.25) is 0 Å². The van der Waals surface area contributed by atoms with Crippen molar-refractivity contribution in [3.05, 3.63) is 30.1 Å². The van der Waals surface area contributed by atoms with Crippen LogP contribution in [0.4, 0.5) is 26.3 Å². The van der Waals surface area contributed by atoms with E-state index < -0.39 is 33.3 Å². The maximum Gasteiger partial charge on any atom is 0.511 e. The first-order chi connectivity index (χ1) is 15.7. The molecule has 2 fully saturated rings. The van der Waals surface area contributed by atoms with Crippen LogP contribution in [-0.4, -0.2) is 72.4 Å². The van der Waals surface area contributed by atoms with Gasteiger partial charge in [0, 0.05) is 32.5 Å². The van der Waals surface area contributed by atoms with E-state index >= 15 is 0 Å². The lowest BCUT2D eigenvalue weighted by molar-refractivity contribution is -0.192. The lowest BCUT2D eigenvalue weighted by Crippen LogP contribution is -2.52. The van der Waals surface area contributed by atoms with E-state index in [2.05, 4.69) is 4.98 Å². The van der Waals surface area contributed by atoms with E-state index in [4.69, 9.17) is 19.4 Å². The summed E-state index contributed by atoms with van der Waals surface area (Å²) in [5.41, 5.74) is -4.97. The molecule has 3 rings (SSSR count).